The van der Waals surface area contributed by atoms with E-state index < -0.39 is 0 Å². The van der Waals surface area contributed by atoms with Crippen LogP contribution in [0, 0.1) is 0 Å². The monoisotopic (exact) mass is 145 g/mol. The van der Waals surface area contributed by atoms with Crippen LogP contribution in [0.25, 0.3) is 0 Å². The minimum absolute atomic E-state index is 0.546. The fourth-order valence-corrected chi connectivity index (χ4v) is 0.841. The minimum atomic E-state index is 0.546. The van der Waals surface area contributed by atoms with E-state index in [2.05, 4.69) is 22.9 Å². The molecular weight excluding hydrogens is 126 g/mol. The molecule has 1 atom stereocenters. The largest absolute Gasteiger partial charge is 0.318 e. The molecule has 0 saturated heterocycles. The van der Waals surface area contributed by atoms with Crippen LogP contribution in [-0.4, -0.2) is 39.8 Å². The molecule has 0 rings (SSSR count). The molecule has 3 heteroatoms. The molecule has 0 saturated carbocycles. The molecule has 0 spiro atoms. The van der Waals surface area contributed by atoms with Gasteiger partial charge in [0.25, 0.3) is 0 Å². The molecular formula is C7H19N3. The zero-order valence-corrected chi connectivity index (χ0v) is 7.20. The molecule has 0 aromatic heterocycles. The first-order valence-corrected chi connectivity index (χ1v) is 3.87. The Bertz CT molecular complexity index is 65.9. The van der Waals surface area contributed by atoms with Crippen LogP contribution >= 0.6 is 0 Å². The van der Waals surface area contributed by atoms with Crippen LogP contribution in [0.1, 0.15) is 6.92 Å². The molecule has 0 aromatic carbocycles. The van der Waals surface area contributed by atoms with Crippen LogP contribution in [0.5, 0.6) is 0 Å². The third-order valence-electron chi connectivity index (χ3n) is 1.50. The predicted molar refractivity (Wildman–Crippen MR) is 45.3 cm³/mol. The molecule has 0 aromatic rings. The summed E-state index contributed by atoms with van der Waals surface area (Å²) in [4.78, 5) is 0. The molecule has 3 nitrogen and oxygen atoms in total. The molecule has 10 heavy (non-hydrogen) atoms. The van der Waals surface area contributed by atoms with Gasteiger partial charge in [0.05, 0.1) is 0 Å². The molecule has 0 bridgehead atoms. The van der Waals surface area contributed by atoms with E-state index in [0.717, 1.165) is 19.6 Å². The highest BCUT2D eigenvalue weighted by atomic mass is 15.0. The van der Waals surface area contributed by atoms with Gasteiger partial charge in [0, 0.05) is 19.1 Å². The third-order valence-corrected chi connectivity index (χ3v) is 1.50. The average molecular weight is 145 g/mol. The molecule has 0 amide bonds. The first-order chi connectivity index (χ1) is 4.85. The standard InChI is InChI=1S/C7H19N3/c1-4-10-6-7(9-3)5-8-2/h7-10H,4-6H2,1-3H3. The van der Waals surface area contributed by atoms with E-state index >= 15 is 0 Å². The van der Waals surface area contributed by atoms with Gasteiger partial charge in [-0.1, -0.05) is 6.92 Å². The summed E-state index contributed by atoms with van der Waals surface area (Å²) >= 11 is 0. The first-order valence-electron chi connectivity index (χ1n) is 3.87. The maximum absolute atomic E-state index is 3.28. The van der Waals surface area contributed by atoms with Crippen molar-refractivity contribution in [3.05, 3.63) is 0 Å². The Morgan fingerprint density at radius 1 is 1.20 bits per heavy atom. The Kier molecular flexibility index (Phi) is 6.91. The first kappa shape index (κ1) is 9.88. The van der Waals surface area contributed by atoms with Crippen LogP contribution in [0.2, 0.25) is 0 Å². The van der Waals surface area contributed by atoms with Crippen LogP contribution in [0.15, 0.2) is 0 Å². The zero-order chi connectivity index (χ0) is 7.82. The summed E-state index contributed by atoms with van der Waals surface area (Å²) in [5.41, 5.74) is 0. The van der Waals surface area contributed by atoms with Gasteiger partial charge in [-0.15, -0.1) is 0 Å². The second-order valence-corrected chi connectivity index (χ2v) is 2.35. The number of hydrogen-bond donors (Lipinski definition) is 3. The van der Waals surface area contributed by atoms with Crippen molar-refractivity contribution in [2.75, 3.05) is 33.7 Å². The molecule has 3 N–H and O–H groups in total. The van der Waals surface area contributed by atoms with Gasteiger partial charge < -0.3 is 16.0 Å². The van der Waals surface area contributed by atoms with E-state index in [1.807, 2.05) is 14.1 Å². The second kappa shape index (κ2) is 6.99. The van der Waals surface area contributed by atoms with Crippen LogP contribution in [-0.2, 0) is 0 Å². The van der Waals surface area contributed by atoms with Crippen molar-refractivity contribution in [3.63, 3.8) is 0 Å². The summed E-state index contributed by atoms with van der Waals surface area (Å²) in [5, 5.41) is 9.62. The lowest BCUT2D eigenvalue weighted by Crippen LogP contribution is -2.42. The highest BCUT2D eigenvalue weighted by Crippen LogP contribution is 1.75. The summed E-state index contributed by atoms with van der Waals surface area (Å²) in [5.74, 6) is 0. The topological polar surface area (TPSA) is 36.1 Å². The zero-order valence-electron chi connectivity index (χ0n) is 7.20. The van der Waals surface area contributed by atoms with Gasteiger partial charge in [0.2, 0.25) is 0 Å². The van der Waals surface area contributed by atoms with Crippen molar-refractivity contribution < 1.29 is 0 Å². The van der Waals surface area contributed by atoms with Crippen LogP contribution in [0.4, 0.5) is 0 Å². The van der Waals surface area contributed by atoms with E-state index in [4.69, 9.17) is 0 Å². The molecule has 0 aliphatic carbocycles. The molecule has 0 aliphatic heterocycles. The number of likely N-dealkylation sites (N-methyl/N-ethyl adjacent to an activating group) is 3. The quantitative estimate of drug-likeness (QED) is 0.467. The van der Waals surface area contributed by atoms with Crippen molar-refractivity contribution in [3.8, 4) is 0 Å². The van der Waals surface area contributed by atoms with Crippen molar-refractivity contribution in [2.24, 2.45) is 0 Å². The molecule has 62 valence electrons. The van der Waals surface area contributed by atoms with E-state index in [1.54, 1.807) is 0 Å². The summed E-state index contributed by atoms with van der Waals surface area (Å²) in [6.45, 7) is 5.21. The highest BCUT2D eigenvalue weighted by Gasteiger charge is 2.00. The second-order valence-electron chi connectivity index (χ2n) is 2.35. The summed E-state index contributed by atoms with van der Waals surface area (Å²) in [7, 11) is 3.95. The fourth-order valence-electron chi connectivity index (χ4n) is 0.841. The van der Waals surface area contributed by atoms with Gasteiger partial charge in [-0.25, -0.2) is 0 Å². The van der Waals surface area contributed by atoms with E-state index in [1.165, 1.54) is 0 Å². The van der Waals surface area contributed by atoms with Gasteiger partial charge in [-0.05, 0) is 20.6 Å². The minimum Gasteiger partial charge on any atom is -0.318 e. The van der Waals surface area contributed by atoms with Crippen molar-refractivity contribution >= 4 is 0 Å². The fraction of sp³-hybridized carbons (Fsp3) is 1.00. The Morgan fingerprint density at radius 3 is 2.30 bits per heavy atom. The van der Waals surface area contributed by atoms with E-state index in [9.17, 15) is 0 Å². The lowest BCUT2D eigenvalue weighted by Gasteiger charge is -2.15. The Hall–Kier alpha value is -0.120. The van der Waals surface area contributed by atoms with Gasteiger partial charge in [0.1, 0.15) is 0 Å². The van der Waals surface area contributed by atoms with Gasteiger partial charge in [-0.3, -0.25) is 0 Å². The molecule has 0 fully saturated rings. The number of hydrogen-bond acceptors (Lipinski definition) is 3. The lowest BCUT2D eigenvalue weighted by atomic mass is 10.3. The highest BCUT2D eigenvalue weighted by molar-refractivity contribution is 4.68. The smallest absolute Gasteiger partial charge is 0.0314 e. The predicted octanol–water partition coefficient (Wildman–Crippen LogP) is -0.597. The maximum atomic E-state index is 3.28. The van der Waals surface area contributed by atoms with Gasteiger partial charge in [-0.2, -0.15) is 0 Å². The Labute approximate surface area is 63.6 Å². The summed E-state index contributed by atoms with van der Waals surface area (Å²) in [6.07, 6.45) is 0. The van der Waals surface area contributed by atoms with Crippen molar-refractivity contribution in [1.29, 1.82) is 0 Å². The summed E-state index contributed by atoms with van der Waals surface area (Å²) in [6, 6.07) is 0.546. The molecule has 0 heterocycles. The van der Waals surface area contributed by atoms with Gasteiger partial charge in [0.15, 0.2) is 0 Å². The molecule has 1 unspecified atom stereocenters. The van der Waals surface area contributed by atoms with E-state index in [0.29, 0.717) is 6.04 Å². The van der Waals surface area contributed by atoms with Crippen molar-refractivity contribution in [2.45, 2.75) is 13.0 Å². The Balaban J connectivity index is 3.21. The third kappa shape index (κ3) is 4.73. The normalized spacial score (nSPS) is 13.5. The van der Waals surface area contributed by atoms with Crippen LogP contribution < -0.4 is 16.0 Å². The average Bonchev–Trinajstić information content (AvgIpc) is 1.98. The number of nitrogens with one attached hydrogen (secondary N) is 3. The summed E-state index contributed by atoms with van der Waals surface area (Å²) < 4.78 is 0. The maximum Gasteiger partial charge on any atom is 0.0314 e. The lowest BCUT2D eigenvalue weighted by molar-refractivity contribution is 0.496. The van der Waals surface area contributed by atoms with Crippen molar-refractivity contribution in [1.82, 2.24) is 16.0 Å². The van der Waals surface area contributed by atoms with Gasteiger partial charge >= 0.3 is 0 Å². The SMILES string of the molecule is CCNCC(CNC)NC. The molecule has 0 radical (unpaired) electrons. The van der Waals surface area contributed by atoms with Crippen LogP contribution in [0.3, 0.4) is 0 Å². The number of rotatable bonds is 6. The Morgan fingerprint density at radius 2 is 1.90 bits per heavy atom. The molecule has 0 aliphatic rings. The van der Waals surface area contributed by atoms with E-state index in [-0.39, 0.29) is 0 Å².